The minimum atomic E-state index is -0.262. The molecule has 0 aliphatic carbocycles. The number of aromatic nitrogens is 2. The lowest BCUT2D eigenvalue weighted by atomic mass is 10.2. The predicted molar refractivity (Wildman–Crippen MR) is 112 cm³/mol. The minimum Gasteiger partial charge on any atom is -0.497 e. The first-order valence-electron chi connectivity index (χ1n) is 9.16. The molecule has 0 bridgehead atoms. The molecule has 148 valence electrons. The highest BCUT2D eigenvalue weighted by Gasteiger charge is 2.16. The van der Waals surface area contributed by atoms with Crippen LogP contribution in [0.5, 0.6) is 5.75 Å². The van der Waals surface area contributed by atoms with Crippen molar-refractivity contribution in [3.63, 3.8) is 0 Å². The van der Waals surface area contributed by atoms with Crippen LogP contribution in [-0.2, 0) is 13.1 Å². The number of thiophene rings is 1. The third-order valence-corrected chi connectivity index (χ3v) is 5.84. The van der Waals surface area contributed by atoms with Crippen LogP contribution in [0.25, 0.3) is 10.2 Å². The van der Waals surface area contributed by atoms with Crippen LogP contribution in [0.4, 0.5) is 4.39 Å². The lowest BCUT2D eigenvalue weighted by molar-refractivity contribution is 0.0955. The van der Waals surface area contributed by atoms with E-state index in [9.17, 15) is 9.18 Å². The van der Waals surface area contributed by atoms with Gasteiger partial charge in [0.2, 0.25) is 0 Å². The Morgan fingerprint density at radius 2 is 1.83 bits per heavy atom. The number of fused-ring (bicyclic) bond motifs is 1. The molecule has 5 nitrogen and oxygen atoms in total. The summed E-state index contributed by atoms with van der Waals surface area (Å²) in [7, 11) is 1.62. The predicted octanol–water partition coefficient (Wildman–Crippen LogP) is 4.53. The number of rotatable bonds is 6. The molecular formula is C22H20FN3O2S. The van der Waals surface area contributed by atoms with Crippen molar-refractivity contribution in [2.75, 3.05) is 7.11 Å². The van der Waals surface area contributed by atoms with Crippen molar-refractivity contribution >= 4 is 27.5 Å². The van der Waals surface area contributed by atoms with Gasteiger partial charge in [-0.3, -0.25) is 9.48 Å². The summed E-state index contributed by atoms with van der Waals surface area (Å²) in [4.78, 5) is 14.2. The number of halogens is 1. The fraction of sp³-hybridized carbons (Fsp3) is 0.182. The van der Waals surface area contributed by atoms with Crippen molar-refractivity contribution in [3.05, 3.63) is 82.1 Å². The lowest BCUT2D eigenvalue weighted by Crippen LogP contribution is -2.21. The quantitative estimate of drug-likeness (QED) is 0.509. The monoisotopic (exact) mass is 409 g/mol. The zero-order valence-electron chi connectivity index (χ0n) is 16.1. The second kappa shape index (κ2) is 8.05. The number of nitrogens with zero attached hydrogens (tertiary/aromatic N) is 2. The molecular weight excluding hydrogens is 389 g/mol. The number of amides is 1. The number of hydrogen-bond acceptors (Lipinski definition) is 4. The van der Waals surface area contributed by atoms with Crippen molar-refractivity contribution in [3.8, 4) is 5.75 Å². The summed E-state index contributed by atoms with van der Waals surface area (Å²) in [5, 5.41) is 8.49. The highest BCUT2D eigenvalue weighted by molar-refractivity contribution is 7.20. The van der Waals surface area contributed by atoms with E-state index in [4.69, 9.17) is 4.74 Å². The van der Waals surface area contributed by atoms with Gasteiger partial charge in [-0.15, -0.1) is 11.3 Å². The number of hydrogen-bond donors (Lipinski definition) is 1. The van der Waals surface area contributed by atoms with Gasteiger partial charge in [0, 0.05) is 11.9 Å². The van der Waals surface area contributed by atoms with Crippen LogP contribution >= 0.6 is 11.3 Å². The normalized spacial score (nSPS) is 11.0. The Morgan fingerprint density at radius 3 is 2.52 bits per heavy atom. The number of methoxy groups -OCH3 is 1. The van der Waals surface area contributed by atoms with E-state index in [-0.39, 0.29) is 11.7 Å². The van der Waals surface area contributed by atoms with Gasteiger partial charge in [-0.2, -0.15) is 5.10 Å². The first-order chi connectivity index (χ1) is 14.0. The van der Waals surface area contributed by atoms with Gasteiger partial charge in [0.15, 0.2) is 0 Å². The van der Waals surface area contributed by atoms with Crippen LogP contribution in [-0.4, -0.2) is 22.8 Å². The highest BCUT2D eigenvalue weighted by atomic mass is 32.1. The molecule has 1 amide bonds. The van der Waals surface area contributed by atoms with Crippen LogP contribution in [0, 0.1) is 12.7 Å². The molecule has 2 aromatic carbocycles. The Balaban J connectivity index is 1.50. The summed E-state index contributed by atoms with van der Waals surface area (Å²) in [5.41, 5.74) is 2.82. The molecule has 0 spiro atoms. The lowest BCUT2D eigenvalue weighted by Gasteiger charge is -2.05. The molecule has 2 heterocycles. The molecule has 4 rings (SSSR count). The third kappa shape index (κ3) is 4.14. The van der Waals surface area contributed by atoms with Crippen molar-refractivity contribution in [1.29, 1.82) is 0 Å². The summed E-state index contributed by atoms with van der Waals surface area (Å²) in [6.45, 7) is 2.89. The minimum absolute atomic E-state index is 0.116. The maximum Gasteiger partial charge on any atom is 0.261 e. The zero-order chi connectivity index (χ0) is 20.4. The zero-order valence-corrected chi connectivity index (χ0v) is 16.9. The average molecular weight is 409 g/mol. The van der Waals surface area contributed by atoms with E-state index in [2.05, 4.69) is 10.4 Å². The SMILES string of the molecule is COc1ccc(CNC(=O)c2cc3c(C)nn(Cc4ccc(F)cc4)c3s2)cc1. The molecule has 0 aliphatic heterocycles. The third-order valence-electron chi connectivity index (χ3n) is 4.69. The molecule has 0 unspecified atom stereocenters. The van der Waals surface area contributed by atoms with Crippen molar-refractivity contribution < 1.29 is 13.9 Å². The number of carbonyl (C=O) groups is 1. The molecule has 0 atom stereocenters. The number of benzene rings is 2. The van der Waals surface area contributed by atoms with E-state index in [1.165, 1.54) is 23.5 Å². The van der Waals surface area contributed by atoms with Gasteiger partial charge in [0.1, 0.15) is 16.4 Å². The first-order valence-corrected chi connectivity index (χ1v) is 9.97. The Bertz CT molecular complexity index is 1150. The molecule has 0 saturated carbocycles. The van der Waals surface area contributed by atoms with Crippen LogP contribution in [0.1, 0.15) is 26.5 Å². The summed E-state index contributed by atoms with van der Waals surface area (Å²) >= 11 is 1.41. The summed E-state index contributed by atoms with van der Waals surface area (Å²) in [5.74, 6) is 0.406. The Labute approximate surface area is 171 Å². The summed E-state index contributed by atoms with van der Waals surface area (Å²) < 4.78 is 20.1. The van der Waals surface area contributed by atoms with Gasteiger partial charge in [0.25, 0.3) is 5.91 Å². The standard InChI is InChI=1S/C22H20FN3O2S/c1-14-19-11-20(21(27)24-12-15-5-9-18(28-2)10-6-15)29-22(19)26(25-14)13-16-3-7-17(23)8-4-16/h3-11H,12-13H2,1-2H3,(H,24,27). The Hall–Kier alpha value is -3.19. The van der Waals surface area contributed by atoms with Gasteiger partial charge >= 0.3 is 0 Å². The maximum absolute atomic E-state index is 13.1. The van der Waals surface area contributed by atoms with E-state index in [0.29, 0.717) is 18.0 Å². The number of ether oxygens (including phenoxy) is 1. The van der Waals surface area contributed by atoms with Gasteiger partial charge < -0.3 is 10.1 Å². The largest absolute Gasteiger partial charge is 0.497 e. The molecule has 0 fully saturated rings. The second-order valence-corrected chi connectivity index (χ2v) is 7.76. The van der Waals surface area contributed by atoms with E-state index < -0.39 is 0 Å². The molecule has 7 heteroatoms. The van der Waals surface area contributed by atoms with Crippen LogP contribution < -0.4 is 10.1 Å². The number of carbonyl (C=O) groups excluding carboxylic acids is 1. The smallest absolute Gasteiger partial charge is 0.261 e. The van der Waals surface area contributed by atoms with Crippen LogP contribution in [0.15, 0.2) is 54.6 Å². The van der Waals surface area contributed by atoms with Crippen molar-refractivity contribution in [2.24, 2.45) is 0 Å². The number of nitrogens with one attached hydrogen (secondary N) is 1. The molecule has 0 saturated heterocycles. The van der Waals surface area contributed by atoms with Gasteiger partial charge in [-0.05, 0) is 48.4 Å². The van der Waals surface area contributed by atoms with Crippen molar-refractivity contribution in [2.45, 2.75) is 20.0 Å². The van der Waals surface area contributed by atoms with E-state index >= 15 is 0 Å². The fourth-order valence-electron chi connectivity index (χ4n) is 3.11. The highest BCUT2D eigenvalue weighted by Crippen LogP contribution is 2.29. The first kappa shape index (κ1) is 19.1. The topological polar surface area (TPSA) is 56.1 Å². The second-order valence-electron chi connectivity index (χ2n) is 6.73. The van der Waals surface area contributed by atoms with Crippen LogP contribution in [0.2, 0.25) is 0 Å². The molecule has 2 aromatic heterocycles. The molecule has 0 aliphatic rings. The van der Waals surface area contributed by atoms with Crippen molar-refractivity contribution in [1.82, 2.24) is 15.1 Å². The van der Waals surface area contributed by atoms with Crippen LogP contribution in [0.3, 0.4) is 0 Å². The fourth-order valence-corrected chi connectivity index (χ4v) is 4.18. The van der Waals surface area contributed by atoms with E-state index in [1.807, 2.05) is 41.9 Å². The molecule has 29 heavy (non-hydrogen) atoms. The molecule has 0 radical (unpaired) electrons. The summed E-state index contributed by atoms with van der Waals surface area (Å²) in [6, 6.07) is 15.8. The molecule has 4 aromatic rings. The van der Waals surface area contributed by atoms with E-state index in [0.717, 1.165) is 32.8 Å². The number of aryl methyl sites for hydroxylation is 1. The maximum atomic E-state index is 13.1. The average Bonchev–Trinajstić information content (AvgIpc) is 3.30. The molecule has 1 N–H and O–H groups in total. The Morgan fingerprint density at radius 1 is 1.14 bits per heavy atom. The van der Waals surface area contributed by atoms with E-state index in [1.54, 1.807) is 19.2 Å². The van der Waals surface area contributed by atoms with Gasteiger partial charge in [-0.25, -0.2) is 4.39 Å². The summed E-state index contributed by atoms with van der Waals surface area (Å²) in [6.07, 6.45) is 0. The van der Waals surface area contributed by atoms with Gasteiger partial charge in [-0.1, -0.05) is 24.3 Å². The van der Waals surface area contributed by atoms with Gasteiger partial charge in [0.05, 0.1) is 24.2 Å². The Kier molecular flexibility index (Phi) is 5.31.